The molecular weight excluding hydrogens is 375 g/mol. The molecule has 1 aliphatic rings. The van der Waals surface area contributed by atoms with Crippen molar-refractivity contribution in [1.29, 1.82) is 0 Å². The van der Waals surface area contributed by atoms with Crippen LogP contribution in [0.25, 0.3) is 0 Å². The third kappa shape index (κ3) is 4.99. The van der Waals surface area contributed by atoms with Crippen LogP contribution in [-0.4, -0.2) is 42.4 Å². The van der Waals surface area contributed by atoms with Crippen LogP contribution in [0.4, 0.5) is 10.1 Å². The number of esters is 1. The van der Waals surface area contributed by atoms with Gasteiger partial charge in [-0.05, 0) is 56.2 Å². The van der Waals surface area contributed by atoms with Crippen LogP contribution in [0.15, 0.2) is 48.5 Å². The number of piperidine rings is 1. The molecule has 0 spiro atoms. The Kier molecular flexibility index (Phi) is 6.59. The molecule has 0 saturated carbocycles. The van der Waals surface area contributed by atoms with E-state index in [0.29, 0.717) is 37.2 Å². The molecular formula is C22H23FN2O4. The van der Waals surface area contributed by atoms with E-state index in [-0.39, 0.29) is 23.9 Å². The number of benzene rings is 2. The van der Waals surface area contributed by atoms with E-state index in [1.54, 1.807) is 37.3 Å². The number of amides is 2. The van der Waals surface area contributed by atoms with Crippen molar-refractivity contribution >= 4 is 23.5 Å². The van der Waals surface area contributed by atoms with Gasteiger partial charge in [-0.2, -0.15) is 0 Å². The minimum Gasteiger partial charge on any atom is -0.462 e. The first-order chi connectivity index (χ1) is 14.0. The number of carbonyl (C=O) groups is 3. The van der Waals surface area contributed by atoms with Gasteiger partial charge >= 0.3 is 5.97 Å². The molecule has 1 atom stereocenters. The topological polar surface area (TPSA) is 75.7 Å². The summed E-state index contributed by atoms with van der Waals surface area (Å²) in [5, 5.41) is 2.82. The Morgan fingerprint density at radius 3 is 2.55 bits per heavy atom. The molecule has 2 aromatic rings. The number of anilines is 1. The van der Waals surface area contributed by atoms with Crippen molar-refractivity contribution < 1.29 is 23.5 Å². The van der Waals surface area contributed by atoms with Gasteiger partial charge in [-0.15, -0.1) is 0 Å². The average Bonchev–Trinajstić information content (AvgIpc) is 2.74. The van der Waals surface area contributed by atoms with Gasteiger partial charge in [0.05, 0.1) is 23.7 Å². The molecule has 0 unspecified atom stereocenters. The molecule has 6 nitrogen and oxygen atoms in total. The van der Waals surface area contributed by atoms with Gasteiger partial charge in [0.25, 0.3) is 5.91 Å². The fourth-order valence-electron chi connectivity index (χ4n) is 3.33. The van der Waals surface area contributed by atoms with Gasteiger partial charge in [-0.3, -0.25) is 9.59 Å². The van der Waals surface area contributed by atoms with Crippen LogP contribution < -0.4 is 5.32 Å². The molecule has 1 N–H and O–H groups in total. The van der Waals surface area contributed by atoms with Crippen molar-refractivity contribution in [3.63, 3.8) is 0 Å². The molecule has 2 amide bonds. The third-order valence-electron chi connectivity index (χ3n) is 4.85. The summed E-state index contributed by atoms with van der Waals surface area (Å²) < 4.78 is 18.8. The number of halogens is 1. The lowest BCUT2D eigenvalue weighted by atomic mass is 9.96. The summed E-state index contributed by atoms with van der Waals surface area (Å²) in [6.45, 7) is 2.75. The lowest BCUT2D eigenvalue weighted by Gasteiger charge is -2.32. The van der Waals surface area contributed by atoms with E-state index in [4.69, 9.17) is 4.74 Å². The predicted molar refractivity (Wildman–Crippen MR) is 106 cm³/mol. The van der Waals surface area contributed by atoms with Crippen LogP contribution in [0.2, 0.25) is 0 Å². The Morgan fingerprint density at radius 1 is 1.14 bits per heavy atom. The molecule has 1 saturated heterocycles. The largest absolute Gasteiger partial charge is 0.462 e. The highest BCUT2D eigenvalue weighted by Crippen LogP contribution is 2.21. The zero-order chi connectivity index (χ0) is 20.8. The second-order valence-corrected chi connectivity index (χ2v) is 6.86. The Bertz CT molecular complexity index is 898. The van der Waals surface area contributed by atoms with E-state index < -0.39 is 17.7 Å². The van der Waals surface area contributed by atoms with E-state index in [9.17, 15) is 18.8 Å². The maximum Gasteiger partial charge on any atom is 0.338 e. The maximum absolute atomic E-state index is 13.9. The van der Waals surface area contributed by atoms with Gasteiger partial charge in [0.1, 0.15) is 5.82 Å². The minimum atomic E-state index is -0.564. The summed E-state index contributed by atoms with van der Waals surface area (Å²) >= 11 is 0. The molecule has 0 aliphatic carbocycles. The lowest BCUT2D eigenvalue weighted by Crippen LogP contribution is -2.44. The number of rotatable bonds is 5. The Labute approximate surface area is 168 Å². The maximum atomic E-state index is 13.9. The monoisotopic (exact) mass is 398 g/mol. The highest BCUT2D eigenvalue weighted by atomic mass is 19.1. The van der Waals surface area contributed by atoms with Gasteiger partial charge in [0, 0.05) is 18.8 Å². The fraction of sp³-hybridized carbons (Fsp3) is 0.318. The summed E-state index contributed by atoms with van der Waals surface area (Å²) in [4.78, 5) is 38.5. The van der Waals surface area contributed by atoms with E-state index in [1.807, 2.05) is 0 Å². The summed E-state index contributed by atoms with van der Waals surface area (Å²) in [7, 11) is 0. The molecule has 1 fully saturated rings. The van der Waals surface area contributed by atoms with Crippen LogP contribution in [0, 0.1) is 11.7 Å². The number of likely N-dealkylation sites (tertiary alicyclic amines) is 1. The molecule has 0 radical (unpaired) electrons. The van der Waals surface area contributed by atoms with Crippen LogP contribution in [0.3, 0.4) is 0 Å². The van der Waals surface area contributed by atoms with E-state index in [2.05, 4.69) is 5.32 Å². The standard InChI is InChI=1S/C22H23FN2O4/c1-2-29-22(28)15-9-11-17(12-10-15)24-20(26)16-6-5-13-25(14-16)21(27)18-7-3-4-8-19(18)23/h3-4,7-12,16H,2,5-6,13-14H2,1H3,(H,24,26)/t16-/m1/s1. The molecule has 7 heteroatoms. The van der Waals surface area contributed by atoms with Crippen molar-refractivity contribution in [3.8, 4) is 0 Å². The van der Waals surface area contributed by atoms with Gasteiger partial charge in [-0.1, -0.05) is 12.1 Å². The summed E-state index contributed by atoms with van der Waals surface area (Å²) in [5.74, 6) is -1.98. The zero-order valence-electron chi connectivity index (χ0n) is 16.2. The quantitative estimate of drug-likeness (QED) is 0.783. The smallest absolute Gasteiger partial charge is 0.338 e. The Hall–Kier alpha value is -3.22. The second-order valence-electron chi connectivity index (χ2n) is 6.86. The van der Waals surface area contributed by atoms with Crippen LogP contribution >= 0.6 is 0 Å². The number of carbonyl (C=O) groups excluding carboxylic acids is 3. The van der Waals surface area contributed by atoms with E-state index in [1.165, 1.54) is 23.1 Å². The first kappa shape index (κ1) is 20.5. The highest BCUT2D eigenvalue weighted by molar-refractivity contribution is 5.97. The number of nitrogens with one attached hydrogen (secondary N) is 1. The summed E-state index contributed by atoms with van der Waals surface area (Å²) in [6.07, 6.45) is 1.31. The first-order valence-electron chi connectivity index (χ1n) is 9.61. The predicted octanol–water partition coefficient (Wildman–Crippen LogP) is 3.49. The second kappa shape index (κ2) is 9.32. The SMILES string of the molecule is CCOC(=O)c1ccc(NC(=O)[C@@H]2CCCN(C(=O)c3ccccc3F)C2)cc1. The normalized spacial score (nSPS) is 16.2. The number of nitrogens with zero attached hydrogens (tertiary/aromatic N) is 1. The van der Waals surface area contributed by atoms with Gasteiger partial charge in [0.2, 0.25) is 5.91 Å². The fourth-order valence-corrected chi connectivity index (χ4v) is 3.33. The van der Waals surface area contributed by atoms with Crippen LogP contribution in [0.5, 0.6) is 0 Å². The number of hydrogen-bond donors (Lipinski definition) is 1. The minimum absolute atomic E-state index is 0.0168. The Morgan fingerprint density at radius 2 is 1.86 bits per heavy atom. The zero-order valence-corrected chi connectivity index (χ0v) is 16.2. The summed E-state index contributed by atoms with van der Waals surface area (Å²) in [5.41, 5.74) is 0.980. The molecule has 0 aromatic heterocycles. The molecule has 3 rings (SSSR count). The Balaban J connectivity index is 1.62. The van der Waals surface area contributed by atoms with Gasteiger partial charge < -0.3 is 15.0 Å². The van der Waals surface area contributed by atoms with Crippen molar-refractivity contribution in [2.24, 2.45) is 5.92 Å². The van der Waals surface area contributed by atoms with Crippen molar-refractivity contribution in [2.75, 3.05) is 25.0 Å². The highest BCUT2D eigenvalue weighted by Gasteiger charge is 2.30. The molecule has 1 aliphatic heterocycles. The van der Waals surface area contributed by atoms with Crippen LogP contribution in [0.1, 0.15) is 40.5 Å². The van der Waals surface area contributed by atoms with Gasteiger partial charge in [0.15, 0.2) is 0 Å². The third-order valence-corrected chi connectivity index (χ3v) is 4.85. The van der Waals surface area contributed by atoms with E-state index in [0.717, 1.165) is 0 Å². The molecule has 1 heterocycles. The van der Waals surface area contributed by atoms with Crippen molar-refractivity contribution in [1.82, 2.24) is 4.90 Å². The molecule has 2 aromatic carbocycles. The van der Waals surface area contributed by atoms with Crippen molar-refractivity contribution in [2.45, 2.75) is 19.8 Å². The number of hydrogen-bond acceptors (Lipinski definition) is 4. The molecule has 29 heavy (non-hydrogen) atoms. The molecule has 152 valence electrons. The van der Waals surface area contributed by atoms with E-state index >= 15 is 0 Å². The van der Waals surface area contributed by atoms with Gasteiger partial charge in [-0.25, -0.2) is 9.18 Å². The number of ether oxygens (including phenoxy) is 1. The molecule has 0 bridgehead atoms. The average molecular weight is 398 g/mol. The summed E-state index contributed by atoms with van der Waals surface area (Å²) in [6, 6.07) is 12.3. The first-order valence-corrected chi connectivity index (χ1v) is 9.61. The lowest BCUT2D eigenvalue weighted by molar-refractivity contribution is -0.121. The van der Waals surface area contributed by atoms with Crippen molar-refractivity contribution in [3.05, 3.63) is 65.5 Å². The van der Waals surface area contributed by atoms with Crippen LogP contribution in [-0.2, 0) is 9.53 Å².